The van der Waals surface area contributed by atoms with Crippen LogP contribution >= 0.6 is 11.8 Å². The molecule has 0 saturated heterocycles. The summed E-state index contributed by atoms with van der Waals surface area (Å²) >= 11 is 1.27. The largest absolute Gasteiger partial charge is 0.496 e. The maximum atomic E-state index is 11.5. The van der Waals surface area contributed by atoms with Crippen molar-refractivity contribution in [3.05, 3.63) is 48.3 Å². The molecular weight excluding hydrogens is 302 g/mol. The van der Waals surface area contributed by atoms with Crippen molar-refractivity contribution < 1.29 is 14.6 Å². The Morgan fingerprint density at radius 2 is 2.27 bits per heavy atom. The van der Waals surface area contributed by atoms with Crippen LogP contribution < -0.4 is 15.2 Å². The number of nitrogens with one attached hydrogen (secondary N) is 1. The second kappa shape index (κ2) is 6.25. The number of rotatable bonds is 5. The summed E-state index contributed by atoms with van der Waals surface area (Å²) in [5.41, 5.74) is 4.97. The first-order valence-electron chi connectivity index (χ1n) is 6.69. The van der Waals surface area contributed by atoms with Gasteiger partial charge in [0.1, 0.15) is 5.75 Å². The lowest BCUT2D eigenvalue weighted by molar-refractivity contribution is -0.136. The number of carboxylic acids is 1. The highest BCUT2D eigenvalue weighted by Gasteiger charge is 2.35. The van der Waals surface area contributed by atoms with E-state index in [4.69, 9.17) is 4.74 Å². The number of benzene rings is 1. The first-order chi connectivity index (χ1) is 10.7. The van der Waals surface area contributed by atoms with Crippen LogP contribution in [0.1, 0.15) is 5.56 Å². The van der Waals surface area contributed by atoms with Crippen molar-refractivity contribution in [1.82, 2.24) is 10.4 Å². The average Bonchev–Trinajstić information content (AvgIpc) is 2.92. The number of para-hydroxylation sites is 1. The number of ether oxygens (including phenoxy) is 1. The topological polar surface area (TPSA) is 74.7 Å². The van der Waals surface area contributed by atoms with Crippen LogP contribution in [-0.4, -0.2) is 28.5 Å². The molecule has 1 aromatic carbocycles. The average molecular weight is 317 g/mol. The minimum atomic E-state index is -0.895. The van der Waals surface area contributed by atoms with Gasteiger partial charge in [-0.25, -0.2) is 10.2 Å². The molecule has 7 heteroatoms. The molecule has 114 valence electrons. The van der Waals surface area contributed by atoms with Crippen LogP contribution in [0.3, 0.4) is 0 Å². The number of hydrazine groups is 1. The van der Waals surface area contributed by atoms with Crippen LogP contribution in [0.5, 0.6) is 5.75 Å². The van der Waals surface area contributed by atoms with E-state index in [1.165, 1.54) is 11.8 Å². The SMILES string of the molecule is COc1ccccc1CNN1c2ccncc2SC1C(=O)O. The van der Waals surface area contributed by atoms with Gasteiger partial charge in [-0.05, 0) is 12.1 Å². The van der Waals surface area contributed by atoms with Gasteiger partial charge in [-0.3, -0.25) is 9.99 Å². The molecule has 1 aliphatic heterocycles. The van der Waals surface area contributed by atoms with Crippen LogP contribution in [0.2, 0.25) is 0 Å². The molecule has 0 amide bonds. The van der Waals surface area contributed by atoms with E-state index >= 15 is 0 Å². The molecule has 3 rings (SSSR count). The standard InChI is InChI=1S/C15H15N3O3S/c1-21-12-5-3-2-4-10(12)8-17-18-11-6-7-16-9-13(11)22-14(18)15(19)20/h2-7,9,14,17H,8H2,1H3,(H,19,20). The molecule has 0 saturated carbocycles. The number of anilines is 1. The molecule has 2 aromatic rings. The smallest absolute Gasteiger partial charge is 0.338 e. The van der Waals surface area contributed by atoms with E-state index in [9.17, 15) is 9.90 Å². The summed E-state index contributed by atoms with van der Waals surface area (Å²) in [6, 6.07) is 9.45. The van der Waals surface area contributed by atoms with Crippen LogP contribution in [-0.2, 0) is 11.3 Å². The molecule has 1 aliphatic rings. The molecule has 0 radical (unpaired) electrons. The van der Waals surface area contributed by atoms with Gasteiger partial charge in [0.05, 0.1) is 17.7 Å². The number of thioether (sulfide) groups is 1. The zero-order valence-corrected chi connectivity index (χ0v) is 12.7. The maximum Gasteiger partial charge on any atom is 0.338 e. The fraction of sp³-hybridized carbons (Fsp3) is 0.200. The Hall–Kier alpha value is -2.25. The third-order valence-corrected chi connectivity index (χ3v) is 4.54. The predicted octanol–water partition coefficient (Wildman–Crippen LogP) is 2.12. The second-order valence-corrected chi connectivity index (χ2v) is 5.79. The highest BCUT2D eigenvalue weighted by atomic mass is 32.2. The number of aromatic nitrogens is 1. The summed E-state index contributed by atoms with van der Waals surface area (Å²) in [6.07, 6.45) is 3.34. The number of fused-ring (bicyclic) bond motifs is 1. The molecule has 2 N–H and O–H groups in total. The molecule has 22 heavy (non-hydrogen) atoms. The van der Waals surface area contributed by atoms with Crippen molar-refractivity contribution in [2.75, 3.05) is 12.1 Å². The van der Waals surface area contributed by atoms with E-state index in [0.29, 0.717) is 6.54 Å². The lowest BCUT2D eigenvalue weighted by Crippen LogP contribution is -2.45. The molecule has 2 heterocycles. The van der Waals surface area contributed by atoms with Crippen LogP contribution in [0.15, 0.2) is 47.6 Å². The van der Waals surface area contributed by atoms with Gasteiger partial charge in [0, 0.05) is 24.5 Å². The molecule has 0 fully saturated rings. The van der Waals surface area contributed by atoms with Gasteiger partial charge in [0.15, 0.2) is 5.37 Å². The molecule has 6 nitrogen and oxygen atoms in total. The van der Waals surface area contributed by atoms with Crippen molar-refractivity contribution in [3.8, 4) is 5.75 Å². The quantitative estimate of drug-likeness (QED) is 0.875. The Morgan fingerprint density at radius 3 is 3.05 bits per heavy atom. The van der Waals surface area contributed by atoms with Gasteiger partial charge >= 0.3 is 5.97 Å². The summed E-state index contributed by atoms with van der Waals surface area (Å²) in [6.45, 7) is 0.468. The number of nitrogens with zero attached hydrogens (tertiary/aromatic N) is 2. The van der Waals surface area contributed by atoms with Crippen molar-refractivity contribution in [2.45, 2.75) is 16.8 Å². The third-order valence-electron chi connectivity index (χ3n) is 3.34. The summed E-state index contributed by atoms with van der Waals surface area (Å²) in [4.78, 5) is 16.4. The van der Waals surface area contributed by atoms with E-state index < -0.39 is 11.3 Å². The Labute approximate surface area is 132 Å². The van der Waals surface area contributed by atoms with Crippen LogP contribution in [0.25, 0.3) is 0 Å². The van der Waals surface area contributed by atoms with E-state index in [1.807, 2.05) is 24.3 Å². The fourth-order valence-electron chi connectivity index (χ4n) is 2.31. The summed E-state index contributed by atoms with van der Waals surface area (Å²) in [5.74, 6) is -0.127. The molecule has 1 unspecified atom stereocenters. The Kier molecular flexibility index (Phi) is 4.17. The monoisotopic (exact) mass is 317 g/mol. The first-order valence-corrected chi connectivity index (χ1v) is 7.57. The van der Waals surface area contributed by atoms with Crippen LogP contribution in [0, 0.1) is 0 Å². The minimum Gasteiger partial charge on any atom is -0.496 e. The number of methoxy groups -OCH3 is 1. The zero-order valence-electron chi connectivity index (χ0n) is 11.9. The van der Waals surface area contributed by atoms with Crippen molar-refractivity contribution in [3.63, 3.8) is 0 Å². The Bertz CT molecular complexity index is 695. The summed E-state index contributed by atoms with van der Waals surface area (Å²) < 4.78 is 5.31. The van der Waals surface area contributed by atoms with E-state index in [-0.39, 0.29) is 0 Å². The fourth-order valence-corrected chi connectivity index (χ4v) is 3.35. The minimum absolute atomic E-state index is 0.468. The highest BCUT2D eigenvalue weighted by molar-refractivity contribution is 8.01. The van der Waals surface area contributed by atoms with Crippen molar-refractivity contribution in [2.24, 2.45) is 0 Å². The van der Waals surface area contributed by atoms with Gasteiger partial charge in [-0.2, -0.15) is 0 Å². The van der Waals surface area contributed by atoms with E-state index in [2.05, 4.69) is 10.4 Å². The van der Waals surface area contributed by atoms with Gasteiger partial charge < -0.3 is 9.84 Å². The Balaban J connectivity index is 1.82. The van der Waals surface area contributed by atoms with Gasteiger partial charge in [0.2, 0.25) is 0 Å². The van der Waals surface area contributed by atoms with E-state index in [0.717, 1.165) is 21.9 Å². The summed E-state index contributed by atoms with van der Waals surface area (Å²) in [7, 11) is 1.62. The molecule has 1 aromatic heterocycles. The van der Waals surface area contributed by atoms with E-state index in [1.54, 1.807) is 30.6 Å². The number of hydrogen-bond acceptors (Lipinski definition) is 6. The van der Waals surface area contributed by atoms with Crippen LogP contribution in [0.4, 0.5) is 5.69 Å². The first kappa shape index (κ1) is 14.7. The highest BCUT2D eigenvalue weighted by Crippen LogP contribution is 2.41. The van der Waals surface area contributed by atoms with Gasteiger partial charge in [-0.1, -0.05) is 30.0 Å². The molecule has 1 atom stereocenters. The summed E-state index contributed by atoms with van der Waals surface area (Å²) in [5, 5.41) is 10.4. The number of carbonyl (C=O) groups is 1. The lowest BCUT2D eigenvalue weighted by Gasteiger charge is -2.24. The number of pyridine rings is 1. The normalized spacial score (nSPS) is 16.4. The van der Waals surface area contributed by atoms with Crippen molar-refractivity contribution >= 4 is 23.4 Å². The lowest BCUT2D eigenvalue weighted by atomic mass is 10.2. The maximum absolute atomic E-state index is 11.5. The third kappa shape index (κ3) is 2.72. The van der Waals surface area contributed by atoms with Crippen molar-refractivity contribution in [1.29, 1.82) is 0 Å². The molecule has 0 bridgehead atoms. The molecule has 0 aliphatic carbocycles. The molecule has 0 spiro atoms. The number of aliphatic carboxylic acids is 1. The number of hydrogen-bond donors (Lipinski definition) is 2. The van der Waals surface area contributed by atoms with Gasteiger partial charge in [0.25, 0.3) is 0 Å². The predicted molar refractivity (Wildman–Crippen MR) is 83.8 cm³/mol. The second-order valence-electron chi connectivity index (χ2n) is 4.67. The van der Waals surface area contributed by atoms with Gasteiger partial charge in [-0.15, -0.1) is 0 Å². The number of carboxylic acid groups (broad SMARTS) is 1. The zero-order chi connectivity index (χ0) is 15.5. The molecular formula is C15H15N3O3S. The Morgan fingerprint density at radius 1 is 1.45 bits per heavy atom.